The molecule has 0 aliphatic heterocycles. The number of hydroxylamine groups is 1. The van der Waals surface area contributed by atoms with Crippen molar-refractivity contribution in [1.82, 2.24) is 20.2 Å². The molecule has 2 aromatic rings. The van der Waals surface area contributed by atoms with Crippen molar-refractivity contribution >= 4 is 11.4 Å². The first-order valence-electron chi connectivity index (χ1n) is 5.90. The first-order valence-corrected chi connectivity index (χ1v) is 5.90. The van der Waals surface area contributed by atoms with Gasteiger partial charge in [-0.3, -0.25) is 10.7 Å². The molecule has 0 spiro atoms. The van der Waals surface area contributed by atoms with Crippen molar-refractivity contribution < 1.29 is 5.21 Å². The maximum absolute atomic E-state index is 9.41. The lowest BCUT2D eigenvalue weighted by molar-refractivity contribution is 0.224. The Morgan fingerprint density at radius 2 is 2.11 bits per heavy atom. The minimum absolute atomic E-state index is 0.656. The van der Waals surface area contributed by atoms with Gasteiger partial charge in [0.2, 0.25) is 0 Å². The van der Waals surface area contributed by atoms with Gasteiger partial charge in [-0.2, -0.15) is 5.10 Å². The molecule has 0 aliphatic rings. The Morgan fingerprint density at radius 1 is 1.33 bits per heavy atom. The van der Waals surface area contributed by atoms with Crippen LogP contribution in [-0.2, 0) is 0 Å². The highest BCUT2D eigenvalue weighted by Gasteiger charge is 2.10. The van der Waals surface area contributed by atoms with Gasteiger partial charge in [0.25, 0.3) is 0 Å². The van der Waals surface area contributed by atoms with Crippen LogP contribution in [0.5, 0.6) is 0 Å². The molecule has 18 heavy (non-hydrogen) atoms. The maximum Gasteiger partial charge on any atom is 0.138 e. The average Bonchev–Trinajstić information content (AvgIpc) is 2.93. The van der Waals surface area contributed by atoms with Crippen LogP contribution in [0.25, 0.3) is 11.4 Å². The summed E-state index contributed by atoms with van der Waals surface area (Å²) in [6, 6.07) is 9.67. The van der Waals surface area contributed by atoms with Crippen molar-refractivity contribution in [1.29, 1.82) is 0 Å². The molecule has 0 unspecified atom stereocenters. The van der Waals surface area contributed by atoms with Crippen molar-refractivity contribution in [3.05, 3.63) is 48.5 Å². The molecule has 2 rings (SSSR count). The Morgan fingerprint density at radius 3 is 2.67 bits per heavy atom. The molecule has 5 heteroatoms. The summed E-state index contributed by atoms with van der Waals surface area (Å²) < 4.78 is 1.68. The second-order valence-electron chi connectivity index (χ2n) is 3.89. The highest BCUT2D eigenvalue weighted by atomic mass is 16.5. The lowest BCUT2D eigenvalue weighted by atomic mass is 10.1. The third-order valence-electron chi connectivity index (χ3n) is 2.64. The van der Waals surface area contributed by atoms with Crippen LogP contribution in [0, 0.1) is 0 Å². The summed E-state index contributed by atoms with van der Waals surface area (Å²) in [7, 11) is 0. The molecule has 0 saturated heterocycles. The molecule has 0 aliphatic carbocycles. The van der Waals surface area contributed by atoms with E-state index in [9.17, 15) is 5.21 Å². The molecule has 0 fully saturated rings. The van der Waals surface area contributed by atoms with Gasteiger partial charge in [-0.15, -0.1) is 0 Å². The van der Waals surface area contributed by atoms with Crippen molar-refractivity contribution in [3.8, 4) is 0 Å². The van der Waals surface area contributed by atoms with E-state index in [1.54, 1.807) is 11.0 Å². The number of aromatic nitrogens is 3. The smallest absolute Gasteiger partial charge is 0.138 e. The van der Waals surface area contributed by atoms with Crippen LogP contribution in [-0.4, -0.2) is 20.0 Å². The van der Waals surface area contributed by atoms with Crippen molar-refractivity contribution in [2.24, 2.45) is 0 Å². The second-order valence-corrected chi connectivity index (χ2v) is 3.89. The first-order chi connectivity index (χ1) is 8.86. The number of rotatable bonds is 5. The zero-order valence-corrected chi connectivity index (χ0v) is 10.2. The quantitative estimate of drug-likeness (QED) is 0.793. The highest BCUT2D eigenvalue weighted by Crippen LogP contribution is 2.22. The molecule has 0 radical (unpaired) electrons. The van der Waals surface area contributed by atoms with E-state index in [1.807, 2.05) is 30.3 Å². The Balaban J connectivity index is 2.50. The maximum atomic E-state index is 9.41. The van der Waals surface area contributed by atoms with Gasteiger partial charge in [0.05, 0.1) is 11.4 Å². The van der Waals surface area contributed by atoms with Gasteiger partial charge in [0.15, 0.2) is 0 Å². The van der Waals surface area contributed by atoms with Gasteiger partial charge >= 0.3 is 0 Å². The Labute approximate surface area is 106 Å². The minimum Gasteiger partial charge on any atom is -0.291 e. The number of benzene rings is 1. The number of allylic oxidation sites excluding steroid dienone is 1. The summed E-state index contributed by atoms with van der Waals surface area (Å²) in [6.45, 7) is 2.08. The lowest BCUT2D eigenvalue weighted by Gasteiger charge is -2.13. The van der Waals surface area contributed by atoms with E-state index in [-0.39, 0.29) is 0 Å². The Kier molecular flexibility index (Phi) is 4.09. The minimum atomic E-state index is 0.656. The second kappa shape index (κ2) is 5.97. The third-order valence-corrected chi connectivity index (χ3v) is 2.64. The van der Waals surface area contributed by atoms with Crippen molar-refractivity contribution in [2.75, 3.05) is 0 Å². The van der Waals surface area contributed by atoms with E-state index in [0.717, 1.165) is 24.1 Å². The number of hydrogen-bond donors (Lipinski definition) is 2. The molecule has 1 heterocycles. The summed E-state index contributed by atoms with van der Waals surface area (Å²) in [5.74, 6) is 0. The first kappa shape index (κ1) is 12.3. The zero-order chi connectivity index (χ0) is 12.8. The molecule has 0 amide bonds. The van der Waals surface area contributed by atoms with Gasteiger partial charge in [-0.25, -0.2) is 9.67 Å². The van der Waals surface area contributed by atoms with E-state index < -0.39 is 0 Å². The van der Waals surface area contributed by atoms with Crippen LogP contribution < -0.4 is 5.48 Å². The summed E-state index contributed by atoms with van der Waals surface area (Å²) in [4.78, 5) is 3.94. The average molecular weight is 244 g/mol. The molecule has 2 N–H and O–H groups in total. The molecule has 1 aromatic heterocycles. The molecule has 0 atom stereocenters. The fraction of sp³-hybridized carbons (Fsp3) is 0.231. The largest absolute Gasteiger partial charge is 0.291 e. The normalized spacial score (nSPS) is 12.1. The number of nitrogens with one attached hydrogen (secondary N) is 1. The molecule has 5 nitrogen and oxygen atoms in total. The summed E-state index contributed by atoms with van der Waals surface area (Å²) in [5, 5.41) is 13.5. The van der Waals surface area contributed by atoms with Gasteiger partial charge in [0.1, 0.15) is 12.7 Å². The van der Waals surface area contributed by atoms with Crippen LogP contribution in [0.4, 0.5) is 0 Å². The van der Waals surface area contributed by atoms with E-state index in [0.29, 0.717) is 5.70 Å². The summed E-state index contributed by atoms with van der Waals surface area (Å²) in [5.41, 5.74) is 4.75. The van der Waals surface area contributed by atoms with Crippen LogP contribution in [0.1, 0.15) is 25.3 Å². The predicted octanol–water partition coefficient (Wildman–Crippen LogP) is 2.38. The summed E-state index contributed by atoms with van der Waals surface area (Å²) in [6.07, 6.45) is 4.86. The van der Waals surface area contributed by atoms with Gasteiger partial charge in [-0.1, -0.05) is 43.7 Å². The van der Waals surface area contributed by atoms with Gasteiger partial charge < -0.3 is 0 Å². The van der Waals surface area contributed by atoms with E-state index in [1.165, 1.54) is 6.33 Å². The molecular formula is C13H16N4O. The fourth-order valence-electron chi connectivity index (χ4n) is 1.84. The summed E-state index contributed by atoms with van der Waals surface area (Å²) >= 11 is 0. The number of nitrogens with zero attached hydrogens (tertiary/aromatic N) is 3. The monoisotopic (exact) mass is 244 g/mol. The van der Waals surface area contributed by atoms with Gasteiger partial charge in [0, 0.05) is 5.56 Å². The number of hydrogen-bond acceptors (Lipinski definition) is 4. The van der Waals surface area contributed by atoms with Crippen LogP contribution in [0.3, 0.4) is 0 Å². The fourth-order valence-corrected chi connectivity index (χ4v) is 1.84. The van der Waals surface area contributed by atoms with E-state index in [2.05, 4.69) is 22.5 Å². The Bertz CT molecular complexity index is 505. The van der Waals surface area contributed by atoms with Crippen molar-refractivity contribution in [2.45, 2.75) is 19.8 Å². The van der Waals surface area contributed by atoms with E-state index in [4.69, 9.17) is 0 Å². The molecule has 1 aromatic carbocycles. The molecule has 0 bridgehead atoms. The molecule has 0 saturated carbocycles. The van der Waals surface area contributed by atoms with Gasteiger partial charge in [-0.05, 0) is 6.42 Å². The SMILES string of the molecule is CCC/C(=C(/NO)c1ccccc1)n1cncn1. The highest BCUT2D eigenvalue weighted by molar-refractivity contribution is 5.81. The third kappa shape index (κ3) is 2.57. The van der Waals surface area contributed by atoms with Crippen LogP contribution in [0.2, 0.25) is 0 Å². The molecular weight excluding hydrogens is 228 g/mol. The van der Waals surface area contributed by atoms with Crippen LogP contribution >= 0.6 is 0 Å². The molecule has 94 valence electrons. The standard InChI is InChI=1S/C13H16N4O/c1-2-6-12(17-10-14-9-15-17)13(16-18)11-7-4-3-5-8-11/h3-5,7-10,16,18H,2,6H2,1H3/b13-12-. The van der Waals surface area contributed by atoms with E-state index >= 15 is 0 Å². The van der Waals surface area contributed by atoms with Crippen molar-refractivity contribution in [3.63, 3.8) is 0 Å². The van der Waals surface area contributed by atoms with Crippen LogP contribution in [0.15, 0.2) is 43.0 Å². The zero-order valence-electron chi connectivity index (χ0n) is 10.2. The Hall–Kier alpha value is -2.14. The predicted molar refractivity (Wildman–Crippen MR) is 69.4 cm³/mol. The lowest BCUT2D eigenvalue weighted by Crippen LogP contribution is -2.12. The topological polar surface area (TPSA) is 63.0 Å².